The number of carbonyl (C=O) groups excluding carboxylic acids is 2. The summed E-state index contributed by atoms with van der Waals surface area (Å²) in [4.78, 5) is 23.5. The highest BCUT2D eigenvalue weighted by molar-refractivity contribution is 5.97. The Balaban J connectivity index is 2.58. The van der Waals surface area contributed by atoms with Gasteiger partial charge in [0.1, 0.15) is 5.60 Å². The fourth-order valence-corrected chi connectivity index (χ4v) is 1.88. The maximum atomic E-state index is 11.9. The summed E-state index contributed by atoms with van der Waals surface area (Å²) in [7, 11) is 0. The van der Waals surface area contributed by atoms with Crippen LogP contribution in [0.2, 0.25) is 0 Å². The molecule has 1 aliphatic heterocycles. The second-order valence-corrected chi connectivity index (χ2v) is 5.66. The van der Waals surface area contributed by atoms with E-state index in [1.807, 2.05) is 0 Å². The molecule has 18 heavy (non-hydrogen) atoms. The fraction of sp³-hybridized carbons (Fsp3) is 0.692. The molecule has 1 fully saturated rings. The van der Waals surface area contributed by atoms with Gasteiger partial charge in [-0.05, 0) is 33.3 Å². The van der Waals surface area contributed by atoms with E-state index in [-0.39, 0.29) is 17.7 Å². The summed E-state index contributed by atoms with van der Waals surface area (Å²) in [5.74, 6) is -0.268. The standard InChI is InChI=1S/C13H22N2O3/c1-8(2)11(16)9-6-14-7-10(9)15-12(17)18-13(3,4)5/h9-10,14H,1,6-7H2,2-5H3,(H,15,17)/t9-,10+/m1/s1. The maximum Gasteiger partial charge on any atom is 0.407 e. The van der Waals surface area contributed by atoms with Gasteiger partial charge in [-0.2, -0.15) is 0 Å². The van der Waals surface area contributed by atoms with Crippen molar-refractivity contribution >= 4 is 11.9 Å². The van der Waals surface area contributed by atoms with Gasteiger partial charge in [-0.25, -0.2) is 4.79 Å². The number of ketones is 1. The quantitative estimate of drug-likeness (QED) is 0.744. The maximum absolute atomic E-state index is 11.9. The molecule has 0 aromatic heterocycles. The summed E-state index contributed by atoms with van der Waals surface area (Å²) in [6, 6.07) is -0.232. The SMILES string of the molecule is C=C(C)C(=O)[C@@H]1CNC[C@@H]1NC(=O)OC(C)(C)C. The molecule has 1 aliphatic rings. The van der Waals surface area contributed by atoms with Crippen molar-refractivity contribution in [3.05, 3.63) is 12.2 Å². The summed E-state index contributed by atoms with van der Waals surface area (Å²) in [6.45, 7) is 11.9. The fourth-order valence-electron chi connectivity index (χ4n) is 1.88. The molecule has 0 aromatic carbocycles. The summed E-state index contributed by atoms with van der Waals surface area (Å²) in [6.07, 6.45) is -0.490. The average Bonchev–Trinajstić information content (AvgIpc) is 2.61. The number of rotatable bonds is 3. The molecule has 5 nitrogen and oxygen atoms in total. The van der Waals surface area contributed by atoms with Crippen molar-refractivity contribution in [3.63, 3.8) is 0 Å². The highest BCUT2D eigenvalue weighted by Crippen LogP contribution is 2.15. The van der Waals surface area contributed by atoms with Gasteiger partial charge in [0.2, 0.25) is 0 Å². The van der Waals surface area contributed by atoms with Crippen LogP contribution in [-0.4, -0.2) is 36.6 Å². The lowest BCUT2D eigenvalue weighted by Gasteiger charge is -2.23. The number of carbonyl (C=O) groups is 2. The van der Waals surface area contributed by atoms with Crippen molar-refractivity contribution in [2.24, 2.45) is 5.92 Å². The zero-order valence-electron chi connectivity index (χ0n) is 11.5. The number of hydrogen-bond donors (Lipinski definition) is 2. The highest BCUT2D eigenvalue weighted by Gasteiger charge is 2.34. The van der Waals surface area contributed by atoms with Crippen LogP contribution in [0.5, 0.6) is 0 Å². The van der Waals surface area contributed by atoms with E-state index in [0.29, 0.717) is 18.7 Å². The van der Waals surface area contributed by atoms with E-state index in [4.69, 9.17) is 4.74 Å². The minimum atomic E-state index is -0.538. The van der Waals surface area contributed by atoms with Gasteiger partial charge in [0.25, 0.3) is 0 Å². The van der Waals surface area contributed by atoms with Crippen LogP contribution in [0, 0.1) is 5.92 Å². The predicted octanol–water partition coefficient (Wildman–Crippen LogP) is 1.24. The molecule has 102 valence electrons. The Morgan fingerprint density at radius 2 is 1.94 bits per heavy atom. The molecule has 0 unspecified atom stereocenters. The molecular weight excluding hydrogens is 232 g/mol. The normalized spacial score (nSPS) is 23.6. The molecular formula is C13H22N2O3. The molecule has 0 saturated carbocycles. The first kappa shape index (κ1) is 14.7. The number of hydrogen-bond acceptors (Lipinski definition) is 4. The lowest BCUT2D eigenvalue weighted by Crippen LogP contribution is -2.45. The van der Waals surface area contributed by atoms with Gasteiger partial charge in [0.05, 0.1) is 12.0 Å². The molecule has 0 aromatic rings. The van der Waals surface area contributed by atoms with E-state index in [0.717, 1.165) is 0 Å². The highest BCUT2D eigenvalue weighted by atomic mass is 16.6. The van der Waals surface area contributed by atoms with Gasteiger partial charge in [0, 0.05) is 13.1 Å². The Morgan fingerprint density at radius 1 is 1.33 bits per heavy atom. The second-order valence-electron chi connectivity index (χ2n) is 5.66. The number of alkyl carbamates (subject to hydrolysis) is 1. The van der Waals surface area contributed by atoms with Crippen molar-refractivity contribution in [2.45, 2.75) is 39.3 Å². The van der Waals surface area contributed by atoms with E-state index in [1.165, 1.54) is 0 Å². The van der Waals surface area contributed by atoms with Crippen molar-refractivity contribution in [1.82, 2.24) is 10.6 Å². The van der Waals surface area contributed by atoms with Crippen LogP contribution in [0.1, 0.15) is 27.7 Å². The smallest absolute Gasteiger partial charge is 0.407 e. The first-order valence-electron chi connectivity index (χ1n) is 6.10. The van der Waals surface area contributed by atoms with Gasteiger partial charge < -0.3 is 15.4 Å². The van der Waals surface area contributed by atoms with Crippen molar-refractivity contribution in [3.8, 4) is 0 Å². The molecule has 1 amide bonds. The molecule has 0 aliphatic carbocycles. The number of Topliss-reactive ketones (excluding diaryl/α,β-unsaturated/α-hetero) is 1. The second kappa shape index (κ2) is 5.52. The minimum absolute atomic E-state index is 0.0129. The van der Waals surface area contributed by atoms with E-state index >= 15 is 0 Å². The Morgan fingerprint density at radius 3 is 2.44 bits per heavy atom. The minimum Gasteiger partial charge on any atom is -0.444 e. The lowest BCUT2D eigenvalue weighted by atomic mass is 9.95. The van der Waals surface area contributed by atoms with Crippen molar-refractivity contribution in [2.75, 3.05) is 13.1 Å². The zero-order chi connectivity index (χ0) is 13.9. The summed E-state index contributed by atoms with van der Waals surface area (Å²) < 4.78 is 5.18. The largest absolute Gasteiger partial charge is 0.444 e. The van der Waals surface area contributed by atoms with Crippen LogP contribution in [0.15, 0.2) is 12.2 Å². The first-order valence-corrected chi connectivity index (χ1v) is 6.10. The van der Waals surface area contributed by atoms with Gasteiger partial charge >= 0.3 is 6.09 Å². The third-order valence-electron chi connectivity index (χ3n) is 2.67. The lowest BCUT2D eigenvalue weighted by molar-refractivity contribution is -0.119. The van der Waals surface area contributed by atoms with Gasteiger partial charge in [-0.15, -0.1) is 0 Å². The zero-order valence-corrected chi connectivity index (χ0v) is 11.5. The third-order valence-corrected chi connectivity index (χ3v) is 2.67. The molecule has 0 bridgehead atoms. The predicted molar refractivity (Wildman–Crippen MR) is 69.3 cm³/mol. The topological polar surface area (TPSA) is 67.4 Å². The van der Waals surface area contributed by atoms with Gasteiger partial charge in [-0.1, -0.05) is 6.58 Å². The Labute approximate surface area is 108 Å². The monoisotopic (exact) mass is 254 g/mol. The Hall–Kier alpha value is -1.36. The van der Waals surface area contributed by atoms with E-state index in [2.05, 4.69) is 17.2 Å². The van der Waals surface area contributed by atoms with E-state index in [9.17, 15) is 9.59 Å². The van der Waals surface area contributed by atoms with E-state index < -0.39 is 11.7 Å². The van der Waals surface area contributed by atoms with Crippen LogP contribution in [0.3, 0.4) is 0 Å². The first-order chi connectivity index (χ1) is 8.20. The van der Waals surface area contributed by atoms with Crippen molar-refractivity contribution in [1.29, 1.82) is 0 Å². The summed E-state index contributed by atoms with van der Waals surface area (Å²) in [5.41, 5.74) is -0.0241. The van der Waals surface area contributed by atoms with Crippen LogP contribution in [0.4, 0.5) is 4.79 Å². The molecule has 2 atom stereocenters. The number of allylic oxidation sites excluding steroid dienone is 1. The van der Waals surface area contributed by atoms with Crippen molar-refractivity contribution < 1.29 is 14.3 Å². The number of nitrogens with one attached hydrogen (secondary N) is 2. The molecule has 0 spiro atoms. The summed E-state index contributed by atoms with van der Waals surface area (Å²) >= 11 is 0. The molecule has 1 saturated heterocycles. The Kier molecular flexibility index (Phi) is 4.51. The molecule has 1 heterocycles. The van der Waals surface area contributed by atoms with Crippen LogP contribution in [-0.2, 0) is 9.53 Å². The molecule has 1 rings (SSSR count). The molecule has 5 heteroatoms. The van der Waals surface area contributed by atoms with Crippen LogP contribution >= 0.6 is 0 Å². The van der Waals surface area contributed by atoms with E-state index in [1.54, 1.807) is 27.7 Å². The van der Waals surface area contributed by atoms with Crippen LogP contribution in [0.25, 0.3) is 0 Å². The molecule has 0 radical (unpaired) electrons. The molecule has 2 N–H and O–H groups in total. The summed E-state index contributed by atoms with van der Waals surface area (Å²) in [5, 5.41) is 5.83. The number of ether oxygens (including phenoxy) is 1. The third kappa shape index (κ3) is 4.14. The average molecular weight is 254 g/mol. The van der Waals surface area contributed by atoms with Gasteiger partial charge in [-0.3, -0.25) is 4.79 Å². The van der Waals surface area contributed by atoms with Crippen LogP contribution < -0.4 is 10.6 Å². The number of amides is 1. The van der Waals surface area contributed by atoms with Gasteiger partial charge in [0.15, 0.2) is 5.78 Å². The Bertz CT molecular complexity index is 358.